The molecule has 3 nitrogen and oxygen atoms in total. The Morgan fingerprint density at radius 1 is 1.18 bits per heavy atom. The van der Waals surface area contributed by atoms with E-state index in [1.165, 1.54) is 12.1 Å². The van der Waals surface area contributed by atoms with Gasteiger partial charge in [0.25, 0.3) is 0 Å². The Bertz CT molecular complexity index is 516. The Balaban J connectivity index is 2.08. The summed E-state index contributed by atoms with van der Waals surface area (Å²) in [5, 5.41) is 0. The molecular weight excluding hydrogens is 221 g/mol. The number of nitrogens with two attached hydrogens (primary N) is 1. The zero-order valence-electron chi connectivity index (χ0n) is 9.15. The van der Waals surface area contributed by atoms with Crippen LogP contribution in [-0.4, -0.2) is 5.78 Å². The molecule has 88 valence electrons. The molecule has 0 aliphatic heterocycles. The van der Waals surface area contributed by atoms with Gasteiger partial charge in [-0.2, -0.15) is 0 Å². The molecule has 17 heavy (non-hydrogen) atoms. The number of hydrogen-bond acceptors (Lipinski definition) is 3. The lowest BCUT2D eigenvalue weighted by Gasteiger charge is -1.98. The molecule has 0 amide bonds. The van der Waals surface area contributed by atoms with Crippen molar-refractivity contribution in [3.8, 4) is 0 Å². The van der Waals surface area contributed by atoms with E-state index in [-0.39, 0.29) is 30.3 Å². The van der Waals surface area contributed by atoms with Gasteiger partial charge in [-0.3, -0.25) is 4.79 Å². The normalized spacial score (nSPS) is 10.5. The number of carbonyl (C=O) groups excluding carboxylic acids is 1. The molecular formula is C13H12FNO2. The van der Waals surface area contributed by atoms with E-state index in [2.05, 4.69) is 0 Å². The van der Waals surface area contributed by atoms with Crippen LogP contribution < -0.4 is 5.73 Å². The summed E-state index contributed by atoms with van der Waals surface area (Å²) in [5.41, 5.74) is 6.14. The van der Waals surface area contributed by atoms with Gasteiger partial charge in [0.05, 0.1) is 6.54 Å². The molecule has 1 aromatic heterocycles. The molecule has 0 atom stereocenters. The molecule has 0 saturated carbocycles. The van der Waals surface area contributed by atoms with Crippen molar-refractivity contribution in [3.05, 3.63) is 59.3 Å². The quantitative estimate of drug-likeness (QED) is 0.824. The van der Waals surface area contributed by atoms with Gasteiger partial charge >= 0.3 is 0 Å². The van der Waals surface area contributed by atoms with E-state index < -0.39 is 0 Å². The summed E-state index contributed by atoms with van der Waals surface area (Å²) in [5.74, 6) is 0.406. The molecule has 0 fully saturated rings. The maximum absolute atomic E-state index is 12.7. The molecule has 2 aromatic rings. The van der Waals surface area contributed by atoms with Gasteiger partial charge in [-0.25, -0.2) is 4.39 Å². The summed E-state index contributed by atoms with van der Waals surface area (Å²) < 4.78 is 17.9. The average Bonchev–Trinajstić information content (AvgIpc) is 2.81. The summed E-state index contributed by atoms with van der Waals surface area (Å²) in [7, 11) is 0. The van der Waals surface area contributed by atoms with E-state index in [1.54, 1.807) is 24.3 Å². The van der Waals surface area contributed by atoms with Crippen LogP contribution in [0.1, 0.15) is 21.9 Å². The van der Waals surface area contributed by atoms with Crippen molar-refractivity contribution in [2.24, 2.45) is 5.73 Å². The summed E-state index contributed by atoms with van der Waals surface area (Å²) in [6.45, 7) is 0.268. The van der Waals surface area contributed by atoms with Crippen LogP contribution in [0.25, 0.3) is 0 Å². The third kappa shape index (κ3) is 2.79. The van der Waals surface area contributed by atoms with E-state index in [1.807, 2.05) is 0 Å². The van der Waals surface area contributed by atoms with Gasteiger partial charge in [-0.05, 0) is 29.8 Å². The lowest BCUT2D eigenvalue weighted by atomic mass is 10.1. The second-order valence-electron chi connectivity index (χ2n) is 3.70. The van der Waals surface area contributed by atoms with Crippen LogP contribution in [0.2, 0.25) is 0 Å². The standard InChI is InChI=1S/C13H12FNO2/c14-10-3-1-9(2-4-10)7-12(16)13-6-5-11(8-15)17-13/h1-6H,7-8,15H2. The highest BCUT2D eigenvalue weighted by Gasteiger charge is 2.11. The minimum absolute atomic E-state index is 0.142. The van der Waals surface area contributed by atoms with Gasteiger partial charge in [0.15, 0.2) is 5.76 Å². The number of halogens is 1. The van der Waals surface area contributed by atoms with Gasteiger partial charge < -0.3 is 10.2 Å². The molecule has 0 aliphatic rings. The van der Waals surface area contributed by atoms with Crippen LogP contribution in [0.5, 0.6) is 0 Å². The van der Waals surface area contributed by atoms with Crippen LogP contribution in [0.4, 0.5) is 4.39 Å². The third-order valence-corrected chi connectivity index (χ3v) is 2.42. The Kier molecular flexibility index (Phi) is 3.35. The molecule has 1 heterocycles. The van der Waals surface area contributed by atoms with Crippen LogP contribution in [0, 0.1) is 5.82 Å². The molecule has 0 unspecified atom stereocenters. The van der Waals surface area contributed by atoms with E-state index in [0.717, 1.165) is 5.56 Å². The topological polar surface area (TPSA) is 56.2 Å². The first-order chi connectivity index (χ1) is 8.19. The Morgan fingerprint density at radius 3 is 2.47 bits per heavy atom. The Morgan fingerprint density at radius 2 is 1.88 bits per heavy atom. The Hall–Kier alpha value is -1.94. The molecule has 0 bridgehead atoms. The molecule has 0 aliphatic carbocycles. The molecule has 1 aromatic carbocycles. The fourth-order valence-electron chi connectivity index (χ4n) is 1.51. The Labute approximate surface area is 98.0 Å². The zero-order valence-corrected chi connectivity index (χ0v) is 9.15. The first kappa shape index (κ1) is 11.5. The highest BCUT2D eigenvalue weighted by atomic mass is 19.1. The van der Waals surface area contributed by atoms with Gasteiger partial charge in [-0.1, -0.05) is 12.1 Å². The van der Waals surface area contributed by atoms with Gasteiger partial charge in [0, 0.05) is 6.42 Å². The first-order valence-corrected chi connectivity index (χ1v) is 5.25. The lowest BCUT2D eigenvalue weighted by Crippen LogP contribution is -2.02. The van der Waals surface area contributed by atoms with Crippen LogP contribution >= 0.6 is 0 Å². The van der Waals surface area contributed by atoms with E-state index >= 15 is 0 Å². The molecule has 0 saturated heterocycles. The van der Waals surface area contributed by atoms with Crippen LogP contribution in [0.15, 0.2) is 40.8 Å². The highest BCUT2D eigenvalue weighted by Crippen LogP contribution is 2.12. The number of hydrogen-bond donors (Lipinski definition) is 1. The zero-order chi connectivity index (χ0) is 12.3. The van der Waals surface area contributed by atoms with Crippen molar-refractivity contribution in [1.29, 1.82) is 0 Å². The van der Waals surface area contributed by atoms with Crippen molar-refractivity contribution in [3.63, 3.8) is 0 Å². The number of carbonyl (C=O) groups is 1. The minimum Gasteiger partial charge on any atom is -0.457 e. The lowest BCUT2D eigenvalue weighted by molar-refractivity contribution is 0.0964. The fraction of sp³-hybridized carbons (Fsp3) is 0.154. The summed E-state index contributed by atoms with van der Waals surface area (Å²) in [4.78, 5) is 11.8. The second kappa shape index (κ2) is 4.93. The maximum atomic E-state index is 12.7. The van der Waals surface area contributed by atoms with Crippen molar-refractivity contribution in [2.75, 3.05) is 0 Å². The van der Waals surface area contributed by atoms with Crippen molar-refractivity contribution in [1.82, 2.24) is 0 Å². The number of benzene rings is 1. The van der Waals surface area contributed by atoms with E-state index in [9.17, 15) is 9.18 Å². The smallest absolute Gasteiger partial charge is 0.202 e. The van der Waals surface area contributed by atoms with Crippen molar-refractivity contribution >= 4 is 5.78 Å². The van der Waals surface area contributed by atoms with Gasteiger partial charge in [0.2, 0.25) is 5.78 Å². The first-order valence-electron chi connectivity index (χ1n) is 5.25. The third-order valence-electron chi connectivity index (χ3n) is 2.42. The number of ketones is 1. The largest absolute Gasteiger partial charge is 0.457 e. The molecule has 2 N–H and O–H groups in total. The summed E-state index contributed by atoms with van der Waals surface area (Å²) in [6, 6.07) is 9.11. The molecule has 4 heteroatoms. The fourth-order valence-corrected chi connectivity index (χ4v) is 1.51. The highest BCUT2D eigenvalue weighted by molar-refractivity contribution is 5.95. The SMILES string of the molecule is NCc1ccc(C(=O)Cc2ccc(F)cc2)o1. The van der Waals surface area contributed by atoms with E-state index in [0.29, 0.717) is 5.76 Å². The molecule has 2 rings (SSSR count). The van der Waals surface area contributed by atoms with Crippen LogP contribution in [-0.2, 0) is 13.0 Å². The molecule has 0 radical (unpaired) electrons. The summed E-state index contributed by atoms with van der Waals surface area (Å²) >= 11 is 0. The van der Waals surface area contributed by atoms with Gasteiger partial charge in [0.1, 0.15) is 11.6 Å². The van der Waals surface area contributed by atoms with Crippen molar-refractivity contribution < 1.29 is 13.6 Å². The number of rotatable bonds is 4. The minimum atomic E-state index is -0.315. The van der Waals surface area contributed by atoms with Crippen LogP contribution in [0.3, 0.4) is 0 Å². The van der Waals surface area contributed by atoms with E-state index in [4.69, 9.17) is 10.2 Å². The predicted molar refractivity (Wildman–Crippen MR) is 61.0 cm³/mol. The average molecular weight is 233 g/mol. The van der Waals surface area contributed by atoms with Crippen molar-refractivity contribution in [2.45, 2.75) is 13.0 Å². The number of furan rings is 1. The number of Topliss-reactive ketones (excluding diaryl/α,β-unsaturated/α-hetero) is 1. The second-order valence-corrected chi connectivity index (χ2v) is 3.70. The van der Waals surface area contributed by atoms with Gasteiger partial charge in [-0.15, -0.1) is 0 Å². The molecule has 0 spiro atoms. The predicted octanol–water partition coefficient (Wildman–Crippen LogP) is 2.30. The maximum Gasteiger partial charge on any atom is 0.202 e. The monoisotopic (exact) mass is 233 g/mol. The summed E-state index contributed by atoms with van der Waals surface area (Å²) in [6.07, 6.45) is 0.192.